The van der Waals surface area contributed by atoms with Crippen LogP contribution >= 0.6 is 15.9 Å². The van der Waals surface area contributed by atoms with Crippen molar-refractivity contribution in [2.24, 2.45) is 0 Å². The van der Waals surface area contributed by atoms with Crippen molar-refractivity contribution in [2.45, 2.75) is 0 Å². The molecule has 0 fully saturated rings. The summed E-state index contributed by atoms with van der Waals surface area (Å²) in [6.45, 7) is 0. The molecule has 0 aliphatic heterocycles. The molecule has 0 bridgehead atoms. The van der Waals surface area contributed by atoms with E-state index in [-0.39, 0.29) is 5.56 Å². The highest BCUT2D eigenvalue weighted by atomic mass is 79.9. The van der Waals surface area contributed by atoms with E-state index in [1.807, 2.05) is 30.3 Å². The summed E-state index contributed by atoms with van der Waals surface area (Å²) in [5.41, 5.74) is 4.00. The molecule has 0 unspecified atom stereocenters. The standard InChI is InChI=1S/C14H7BrN2O/c15-7-4-5-8-9-2-1-3-10-12(9)13(11(8)6-7)16-17-14(10)18/h1-6H,(H,17,18). The van der Waals surface area contributed by atoms with Crippen molar-refractivity contribution < 1.29 is 0 Å². The van der Waals surface area contributed by atoms with Gasteiger partial charge in [-0.3, -0.25) is 4.79 Å². The number of hydrogen-bond acceptors (Lipinski definition) is 2. The third-order valence-corrected chi connectivity index (χ3v) is 3.84. The van der Waals surface area contributed by atoms with Crippen LogP contribution < -0.4 is 5.56 Å². The van der Waals surface area contributed by atoms with Gasteiger partial charge in [-0.05, 0) is 29.3 Å². The van der Waals surface area contributed by atoms with Crippen LogP contribution in [-0.2, 0) is 0 Å². The number of hydrogen-bond donors (Lipinski definition) is 1. The minimum atomic E-state index is -0.137. The number of halogens is 1. The number of rotatable bonds is 0. The molecule has 1 aliphatic rings. The molecule has 0 amide bonds. The molecule has 86 valence electrons. The van der Waals surface area contributed by atoms with Crippen molar-refractivity contribution in [3.05, 3.63) is 51.2 Å². The van der Waals surface area contributed by atoms with Gasteiger partial charge in [0.2, 0.25) is 0 Å². The summed E-state index contributed by atoms with van der Waals surface area (Å²) < 4.78 is 1.01. The molecular formula is C14H7BrN2O. The van der Waals surface area contributed by atoms with Gasteiger partial charge in [0.1, 0.15) is 0 Å². The molecule has 0 spiro atoms. The molecule has 4 heteroatoms. The van der Waals surface area contributed by atoms with Gasteiger partial charge in [0.05, 0.1) is 11.1 Å². The molecule has 0 radical (unpaired) electrons. The van der Waals surface area contributed by atoms with E-state index in [1.54, 1.807) is 0 Å². The fourth-order valence-electron chi connectivity index (χ4n) is 2.59. The Bertz CT molecular complexity index is 867. The molecule has 1 N–H and O–H groups in total. The average molecular weight is 299 g/mol. The maximum atomic E-state index is 11.8. The lowest BCUT2D eigenvalue weighted by Crippen LogP contribution is -2.08. The Hall–Kier alpha value is -1.94. The second kappa shape index (κ2) is 3.29. The van der Waals surface area contributed by atoms with E-state index in [4.69, 9.17) is 0 Å². The third-order valence-electron chi connectivity index (χ3n) is 3.34. The zero-order valence-electron chi connectivity index (χ0n) is 9.20. The first-order valence-corrected chi connectivity index (χ1v) is 6.37. The van der Waals surface area contributed by atoms with E-state index in [0.717, 1.165) is 32.2 Å². The van der Waals surface area contributed by atoms with E-state index in [0.29, 0.717) is 5.39 Å². The maximum Gasteiger partial charge on any atom is 0.272 e. The van der Waals surface area contributed by atoms with Gasteiger partial charge in [0, 0.05) is 15.4 Å². The Morgan fingerprint density at radius 2 is 1.94 bits per heavy atom. The van der Waals surface area contributed by atoms with Crippen molar-refractivity contribution in [1.29, 1.82) is 0 Å². The number of aromatic nitrogens is 2. The minimum absolute atomic E-state index is 0.137. The van der Waals surface area contributed by atoms with E-state index in [2.05, 4.69) is 32.2 Å². The van der Waals surface area contributed by atoms with Crippen molar-refractivity contribution in [2.75, 3.05) is 0 Å². The molecule has 18 heavy (non-hydrogen) atoms. The predicted octanol–water partition coefficient (Wildman–Crippen LogP) is 3.33. The average Bonchev–Trinajstić information content (AvgIpc) is 2.69. The van der Waals surface area contributed by atoms with Crippen LogP contribution in [0.2, 0.25) is 0 Å². The summed E-state index contributed by atoms with van der Waals surface area (Å²) in [5.74, 6) is 0. The summed E-state index contributed by atoms with van der Waals surface area (Å²) in [6.07, 6.45) is 0. The van der Waals surface area contributed by atoms with Crippen molar-refractivity contribution in [1.82, 2.24) is 10.2 Å². The van der Waals surface area contributed by atoms with E-state index in [1.165, 1.54) is 0 Å². The molecule has 1 heterocycles. The largest absolute Gasteiger partial charge is 0.272 e. The fourth-order valence-corrected chi connectivity index (χ4v) is 2.95. The third kappa shape index (κ3) is 1.13. The summed E-state index contributed by atoms with van der Waals surface area (Å²) in [6, 6.07) is 11.9. The molecule has 4 rings (SSSR count). The maximum absolute atomic E-state index is 11.8. The normalized spacial score (nSPS) is 11.8. The Kier molecular flexibility index (Phi) is 1.84. The Balaban J connectivity index is 2.29. The zero-order chi connectivity index (χ0) is 12.3. The van der Waals surface area contributed by atoms with Gasteiger partial charge in [-0.2, -0.15) is 5.10 Å². The number of nitrogens with one attached hydrogen (secondary N) is 1. The second-order valence-electron chi connectivity index (χ2n) is 4.32. The molecule has 1 aromatic heterocycles. The molecular weight excluding hydrogens is 292 g/mol. The molecule has 1 aliphatic carbocycles. The SMILES string of the molecule is O=c1[nH]nc2c3c(cccc13)-c1ccc(Br)cc1-2. The number of aromatic amines is 1. The summed E-state index contributed by atoms with van der Waals surface area (Å²) in [5, 5.41) is 8.42. The first-order chi connectivity index (χ1) is 8.75. The fraction of sp³-hybridized carbons (Fsp3) is 0. The first kappa shape index (κ1) is 10.0. The number of nitrogens with zero attached hydrogens (tertiary/aromatic N) is 1. The van der Waals surface area contributed by atoms with Gasteiger partial charge < -0.3 is 0 Å². The Morgan fingerprint density at radius 3 is 2.83 bits per heavy atom. The van der Waals surface area contributed by atoms with Crippen LogP contribution in [0.25, 0.3) is 33.2 Å². The van der Waals surface area contributed by atoms with Crippen LogP contribution in [0.1, 0.15) is 0 Å². The number of benzene rings is 2. The smallest absolute Gasteiger partial charge is 0.267 e. The Labute approximate surface area is 111 Å². The van der Waals surface area contributed by atoms with Gasteiger partial charge in [-0.1, -0.05) is 34.1 Å². The van der Waals surface area contributed by atoms with Crippen molar-refractivity contribution in [3.63, 3.8) is 0 Å². The number of fused-ring (bicyclic) bond motifs is 3. The lowest BCUT2D eigenvalue weighted by molar-refractivity contribution is 1.02. The van der Waals surface area contributed by atoms with E-state index in [9.17, 15) is 4.79 Å². The highest BCUT2D eigenvalue weighted by molar-refractivity contribution is 9.10. The van der Waals surface area contributed by atoms with Gasteiger partial charge >= 0.3 is 0 Å². The first-order valence-electron chi connectivity index (χ1n) is 5.57. The number of H-pyrrole nitrogens is 1. The molecule has 0 atom stereocenters. The lowest BCUT2D eigenvalue weighted by Gasteiger charge is -2.00. The van der Waals surface area contributed by atoms with E-state index < -0.39 is 0 Å². The lowest BCUT2D eigenvalue weighted by atomic mass is 10.0. The summed E-state index contributed by atoms with van der Waals surface area (Å²) in [7, 11) is 0. The van der Waals surface area contributed by atoms with Crippen LogP contribution in [-0.4, -0.2) is 10.2 Å². The van der Waals surface area contributed by atoms with Crippen LogP contribution in [0, 0.1) is 0 Å². The summed E-state index contributed by atoms with van der Waals surface area (Å²) >= 11 is 3.47. The molecule has 3 nitrogen and oxygen atoms in total. The van der Waals surface area contributed by atoms with E-state index >= 15 is 0 Å². The van der Waals surface area contributed by atoms with Gasteiger partial charge in [-0.25, -0.2) is 5.10 Å². The highest BCUT2D eigenvalue weighted by Crippen LogP contribution is 2.45. The Morgan fingerprint density at radius 1 is 1.06 bits per heavy atom. The minimum Gasteiger partial charge on any atom is -0.267 e. The molecule has 0 saturated heterocycles. The molecule has 2 aromatic carbocycles. The van der Waals surface area contributed by atoms with Gasteiger partial charge in [0.15, 0.2) is 0 Å². The predicted molar refractivity (Wildman–Crippen MR) is 74.5 cm³/mol. The van der Waals surface area contributed by atoms with Crippen LogP contribution in [0.5, 0.6) is 0 Å². The van der Waals surface area contributed by atoms with Crippen molar-refractivity contribution >= 4 is 26.7 Å². The van der Waals surface area contributed by atoms with Gasteiger partial charge in [-0.15, -0.1) is 0 Å². The van der Waals surface area contributed by atoms with Crippen LogP contribution in [0.15, 0.2) is 45.7 Å². The second-order valence-corrected chi connectivity index (χ2v) is 5.24. The molecule has 0 saturated carbocycles. The summed E-state index contributed by atoms with van der Waals surface area (Å²) in [4.78, 5) is 11.8. The molecule has 3 aromatic rings. The van der Waals surface area contributed by atoms with Crippen LogP contribution in [0.3, 0.4) is 0 Å². The monoisotopic (exact) mass is 298 g/mol. The topological polar surface area (TPSA) is 45.8 Å². The quantitative estimate of drug-likeness (QED) is 0.541. The zero-order valence-corrected chi connectivity index (χ0v) is 10.8. The van der Waals surface area contributed by atoms with Gasteiger partial charge in [0.25, 0.3) is 5.56 Å². The van der Waals surface area contributed by atoms with Crippen molar-refractivity contribution in [3.8, 4) is 22.4 Å². The van der Waals surface area contributed by atoms with Crippen LogP contribution in [0.4, 0.5) is 0 Å². The highest BCUT2D eigenvalue weighted by Gasteiger charge is 2.23.